The Morgan fingerprint density at radius 3 is 2.20 bits per heavy atom. The second-order valence-corrected chi connectivity index (χ2v) is 12.3. The zero-order chi connectivity index (χ0) is 29.4. The molecule has 0 saturated heterocycles. The Labute approximate surface area is 243 Å². The first-order valence-corrected chi connectivity index (χ1v) is 15.3. The summed E-state index contributed by atoms with van der Waals surface area (Å²) < 4.78 is 28.9. The molecule has 2 amide bonds. The molecule has 0 heterocycles. The highest BCUT2D eigenvalue weighted by Gasteiger charge is 2.34. The summed E-state index contributed by atoms with van der Waals surface area (Å²) in [5.41, 5.74) is 3.01. The van der Waals surface area contributed by atoms with Crippen molar-refractivity contribution >= 4 is 39.1 Å². The maximum atomic E-state index is 14.1. The molecule has 3 rings (SSSR count). The number of anilines is 1. The van der Waals surface area contributed by atoms with Crippen molar-refractivity contribution in [2.45, 2.75) is 71.0 Å². The number of hydrogen-bond acceptors (Lipinski definition) is 4. The molecule has 0 aliphatic carbocycles. The molecule has 9 heteroatoms. The highest BCUT2D eigenvalue weighted by atomic mass is 35.5. The summed E-state index contributed by atoms with van der Waals surface area (Å²) in [4.78, 5) is 29.0. The summed E-state index contributed by atoms with van der Waals surface area (Å²) in [5, 5.41) is 3.33. The summed E-state index contributed by atoms with van der Waals surface area (Å²) in [7, 11) is -4.15. The molecule has 3 aromatic rings. The van der Waals surface area contributed by atoms with E-state index in [0.717, 1.165) is 27.4 Å². The van der Waals surface area contributed by atoms with Gasteiger partial charge in [0.15, 0.2) is 0 Å². The monoisotopic (exact) mass is 583 g/mol. The Kier molecular flexibility index (Phi) is 10.8. The van der Waals surface area contributed by atoms with E-state index in [1.165, 1.54) is 23.1 Å². The molecule has 2 atom stereocenters. The first kappa shape index (κ1) is 31.2. The minimum Gasteiger partial charge on any atom is -0.352 e. The molecule has 0 bridgehead atoms. The Morgan fingerprint density at radius 2 is 1.60 bits per heavy atom. The van der Waals surface area contributed by atoms with Crippen molar-refractivity contribution in [2.24, 2.45) is 0 Å². The van der Waals surface area contributed by atoms with Crippen molar-refractivity contribution in [1.82, 2.24) is 10.2 Å². The zero-order valence-corrected chi connectivity index (χ0v) is 25.3. The lowest BCUT2D eigenvalue weighted by atomic mass is 10.1. The van der Waals surface area contributed by atoms with Gasteiger partial charge in [0.25, 0.3) is 10.0 Å². The van der Waals surface area contributed by atoms with E-state index >= 15 is 0 Å². The molecular formula is C31H38ClN3O4S. The van der Waals surface area contributed by atoms with Gasteiger partial charge in [0.2, 0.25) is 11.8 Å². The molecule has 0 radical (unpaired) electrons. The van der Waals surface area contributed by atoms with E-state index < -0.39 is 28.5 Å². The van der Waals surface area contributed by atoms with Gasteiger partial charge in [0.1, 0.15) is 12.6 Å². The predicted molar refractivity (Wildman–Crippen MR) is 161 cm³/mol. The van der Waals surface area contributed by atoms with Gasteiger partial charge in [0, 0.05) is 17.6 Å². The van der Waals surface area contributed by atoms with Crippen molar-refractivity contribution in [1.29, 1.82) is 0 Å². The predicted octanol–water partition coefficient (Wildman–Crippen LogP) is 5.87. The van der Waals surface area contributed by atoms with Crippen molar-refractivity contribution in [2.75, 3.05) is 10.8 Å². The third-order valence-electron chi connectivity index (χ3n) is 6.97. The van der Waals surface area contributed by atoms with Crippen LogP contribution >= 0.6 is 11.6 Å². The molecule has 0 saturated carbocycles. The summed E-state index contributed by atoms with van der Waals surface area (Å²) in [6.07, 6.45) is 1.10. The fourth-order valence-electron chi connectivity index (χ4n) is 4.33. The van der Waals surface area contributed by atoms with Gasteiger partial charge in [-0.15, -0.1) is 0 Å². The van der Waals surface area contributed by atoms with Crippen LogP contribution in [-0.2, 0) is 26.2 Å². The molecule has 7 nitrogen and oxygen atoms in total. The normalized spacial score (nSPS) is 12.8. The van der Waals surface area contributed by atoms with E-state index in [0.29, 0.717) is 11.4 Å². The summed E-state index contributed by atoms with van der Waals surface area (Å²) >= 11 is 6.24. The standard InChI is InChI=1S/C31H38ClN3O4S/c1-6-24(5)33-31(37)29(7-2)34(20-25-12-9-8-11-23(25)4)30(36)21-35(27-14-10-13-26(32)19-27)40(38,39)28-17-15-22(3)16-18-28/h8-19,24,29H,6-7,20-21H2,1-5H3,(H,33,37)/t24-,29+/m1/s1. The van der Waals surface area contributed by atoms with Crippen molar-refractivity contribution in [3.8, 4) is 0 Å². The number of halogens is 1. The maximum Gasteiger partial charge on any atom is 0.264 e. The van der Waals surface area contributed by atoms with Gasteiger partial charge in [-0.2, -0.15) is 0 Å². The molecule has 40 heavy (non-hydrogen) atoms. The number of aryl methyl sites for hydroxylation is 2. The summed E-state index contributed by atoms with van der Waals surface area (Å²) in [6, 6.07) is 19.6. The van der Waals surface area contributed by atoms with Crippen LogP contribution in [0.25, 0.3) is 0 Å². The Balaban J connectivity index is 2.07. The summed E-state index contributed by atoms with van der Waals surface area (Å²) in [5.74, 6) is -0.764. The summed E-state index contributed by atoms with van der Waals surface area (Å²) in [6.45, 7) is 9.19. The first-order valence-electron chi connectivity index (χ1n) is 13.5. The SMILES string of the molecule is CC[C@@H](C)NC(=O)[C@H](CC)N(Cc1ccccc1C)C(=O)CN(c1cccc(Cl)c1)S(=O)(=O)c1ccc(C)cc1. The molecule has 0 aliphatic heterocycles. The molecule has 0 spiro atoms. The molecule has 1 N–H and O–H groups in total. The molecule has 0 aromatic heterocycles. The molecular weight excluding hydrogens is 546 g/mol. The van der Waals surface area contributed by atoms with Crippen LogP contribution in [0.2, 0.25) is 5.02 Å². The number of benzene rings is 3. The van der Waals surface area contributed by atoms with Gasteiger partial charge in [0.05, 0.1) is 10.6 Å². The Hall–Kier alpha value is -3.36. The smallest absolute Gasteiger partial charge is 0.264 e. The molecule has 0 fully saturated rings. The average molecular weight is 584 g/mol. The molecule has 214 valence electrons. The van der Waals surface area contributed by atoms with Crippen LogP contribution in [0.15, 0.2) is 77.7 Å². The number of nitrogens with zero attached hydrogens (tertiary/aromatic N) is 2. The number of carbonyl (C=O) groups excluding carboxylic acids is 2. The number of carbonyl (C=O) groups is 2. The topological polar surface area (TPSA) is 86.8 Å². The van der Waals surface area contributed by atoms with Crippen LogP contribution in [-0.4, -0.2) is 43.8 Å². The highest BCUT2D eigenvalue weighted by Crippen LogP contribution is 2.27. The lowest BCUT2D eigenvalue weighted by Gasteiger charge is -2.34. The van der Waals surface area contributed by atoms with Crippen LogP contribution in [0, 0.1) is 13.8 Å². The van der Waals surface area contributed by atoms with Gasteiger partial charge >= 0.3 is 0 Å². The molecule has 0 unspecified atom stereocenters. The Bertz CT molecular complexity index is 1430. The van der Waals surface area contributed by atoms with Crippen molar-refractivity contribution in [3.05, 3.63) is 94.5 Å². The number of hydrogen-bond donors (Lipinski definition) is 1. The van der Waals surface area contributed by atoms with Crippen LogP contribution in [0.1, 0.15) is 50.3 Å². The van der Waals surface area contributed by atoms with Crippen molar-refractivity contribution < 1.29 is 18.0 Å². The van der Waals surface area contributed by atoms with Gasteiger partial charge in [-0.1, -0.05) is 73.5 Å². The quantitative estimate of drug-likeness (QED) is 0.289. The highest BCUT2D eigenvalue weighted by molar-refractivity contribution is 7.92. The first-order chi connectivity index (χ1) is 19.0. The van der Waals surface area contributed by atoms with E-state index in [1.54, 1.807) is 30.3 Å². The fraction of sp³-hybridized carbons (Fsp3) is 0.355. The van der Waals surface area contributed by atoms with Gasteiger partial charge in [-0.3, -0.25) is 13.9 Å². The van der Waals surface area contributed by atoms with Gasteiger partial charge in [-0.05, 0) is 75.1 Å². The lowest BCUT2D eigenvalue weighted by Crippen LogP contribution is -2.53. The largest absolute Gasteiger partial charge is 0.352 e. The fourth-order valence-corrected chi connectivity index (χ4v) is 5.92. The molecule has 3 aromatic carbocycles. The minimum absolute atomic E-state index is 0.0536. The minimum atomic E-state index is -4.15. The lowest BCUT2D eigenvalue weighted by molar-refractivity contribution is -0.140. The van der Waals surface area contributed by atoms with E-state index in [2.05, 4.69) is 5.32 Å². The van der Waals surface area contributed by atoms with Gasteiger partial charge < -0.3 is 10.2 Å². The second-order valence-electron chi connectivity index (χ2n) is 9.99. The van der Waals surface area contributed by atoms with Crippen molar-refractivity contribution in [3.63, 3.8) is 0 Å². The Morgan fingerprint density at radius 1 is 0.925 bits per heavy atom. The second kappa shape index (κ2) is 13.8. The number of amides is 2. The van der Waals surface area contributed by atoms with Crippen LogP contribution < -0.4 is 9.62 Å². The van der Waals surface area contributed by atoms with Crippen LogP contribution in [0.3, 0.4) is 0 Å². The number of rotatable bonds is 12. The van der Waals surface area contributed by atoms with Gasteiger partial charge in [-0.25, -0.2) is 8.42 Å². The zero-order valence-electron chi connectivity index (χ0n) is 23.7. The third-order valence-corrected chi connectivity index (χ3v) is 9.00. The average Bonchev–Trinajstić information content (AvgIpc) is 2.92. The maximum absolute atomic E-state index is 14.1. The third kappa shape index (κ3) is 7.64. The van der Waals surface area contributed by atoms with E-state index in [4.69, 9.17) is 11.6 Å². The van der Waals surface area contributed by atoms with Crippen LogP contribution in [0.5, 0.6) is 0 Å². The van der Waals surface area contributed by atoms with E-state index in [1.807, 2.05) is 58.9 Å². The van der Waals surface area contributed by atoms with Crippen LogP contribution in [0.4, 0.5) is 5.69 Å². The molecule has 0 aliphatic rings. The number of sulfonamides is 1. The number of nitrogens with one attached hydrogen (secondary N) is 1. The van der Waals surface area contributed by atoms with E-state index in [-0.39, 0.29) is 29.1 Å². The van der Waals surface area contributed by atoms with E-state index in [9.17, 15) is 18.0 Å².